The van der Waals surface area contributed by atoms with E-state index in [9.17, 15) is 19.1 Å². The van der Waals surface area contributed by atoms with Crippen molar-refractivity contribution in [2.45, 2.75) is 18.0 Å². The molecule has 3 atom stereocenters. The van der Waals surface area contributed by atoms with E-state index in [2.05, 4.69) is 17.2 Å². The van der Waals surface area contributed by atoms with E-state index in [0.717, 1.165) is 11.1 Å². The average Bonchev–Trinajstić information content (AvgIpc) is 2.78. The van der Waals surface area contributed by atoms with E-state index in [-0.39, 0.29) is 37.1 Å². The van der Waals surface area contributed by atoms with Crippen molar-refractivity contribution in [3.05, 3.63) is 65.5 Å². The lowest BCUT2D eigenvalue weighted by Crippen LogP contribution is -2.73. The zero-order valence-electron chi connectivity index (χ0n) is 17.6. The Morgan fingerprint density at radius 1 is 1.22 bits per heavy atom. The number of fused-ring (bicyclic) bond motifs is 1. The lowest BCUT2D eigenvalue weighted by atomic mass is 9.73. The van der Waals surface area contributed by atoms with Crippen molar-refractivity contribution in [3.8, 4) is 11.8 Å². The van der Waals surface area contributed by atoms with Gasteiger partial charge < -0.3 is 25.0 Å². The van der Waals surface area contributed by atoms with Gasteiger partial charge in [-0.05, 0) is 42.0 Å². The SMILES string of the molecule is COCC#Cc1ccc([C@@H]2[C@H](CO)N3C(=O)CN(C(=O)Nc4ccc(F)cc4)C[C@@H]23)cc1. The summed E-state index contributed by atoms with van der Waals surface area (Å²) in [7, 11) is 1.59. The summed E-state index contributed by atoms with van der Waals surface area (Å²) in [4.78, 5) is 28.6. The zero-order valence-corrected chi connectivity index (χ0v) is 17.6. The minimum atomic E-state index is -0.417. The molecule has 3 amide bonds. The largest absolute Gasteiger partial charge is 0.394 e. The smallest absolute Gasteiger partial charge is 0.322 e. The molecule has 0 radical (unpaired) electrons. The molecular formula is C24H24FN3O4. The maximum atomic E-state index is 13.1. The van der Waals surface area contributed by atoms with E-state index in [1.165, 1.54) is 29.2 Å². The van der Waals surface area contributed by atoms with E-state index in [4.69, 9.17) is 4.74 Å². The second-order valence-corrected chi connectivity index (χ2v) is 7.82. The van der Waals surface area contributed by atoms with Crippen LogP contribution in [-0.2, 0) is 9.53 Å². The lowest BCUT2D eigenvalue weighted by molar-refractivity contribution is -0.159. The van der Waals surface area contributed by atoms with Crippen LogP contribution in [0.2, 0.25) is 0 Å². The number of carbonyl (C=O) groups excluding carboxylic acids is 2. The third-order valence-corrected chi connectivity index (χ3v) is 5.88. The number of methoxy groups -OCH3 is 1. The van der Waals surface area contributed by atoms with E-state index < -0.39 is 11.8 Å². The molecule has 0 aliphatic carbocycles. The number of hydrogen-bond acceptors (Lipinski definition) is 4. The van der Waals surface area contributed by atoms with E-state index in [0.29, 0.717) is 18.8 Å². The molecule has 2 heterocycles. The average molecular weight is 437 g/mol. The van der Waals surface area contributed by atoms with Crippen LogP contribution in [0.15, 0.2) is 48.5 Å². The van der Waals surface area contributed by atoms with Crippen molar-refractivity contribution < 1.29 is 23.8 Å². The van der Waals surface area contributed by atoms with Crippen LogP contribution in [-0.4, -0.2) is 72.3 Å². The van der Waals surface area contributed by atoms with Crippen LogP contribution >= 0.6 is 0 Å². The summed E-state index contributed by atoms with van der Waals surface area (Å²) >= 11 is 0. The van der Waals surface area contributed by atoms with E-state index >= 15 is 0 Å². The first-order valence-electron chi connectivity index (χ1n) is 10.3. The van der Waals surface area contributed by atoms with E-state index in [1.54, 1.807) is 12.0 Å². The Morgan fingerprint density at radius 3 is 2.59 bits per heavy atom. The number of anilines is 1. The Balaban J connectivity index is 1.48. The molecule has 166 valence electrons. The molecule has 0 bridgehead atoms. The monoisotopic (exact) mass is 437 g/mol. The van der Waals surface area contributed by atoms with Gasteiger partial charge in [0, 0.05) is 30.8 Å². The summed E-state index contributed by atoms with van der Waals surface area (Å²) < 4.78 is 18.0. The molecule has 0 aromatic heterocycles. The van der Waals surface area contributed by atoms with Crippen molar-refractivity contribution in [2.75, 3.05) is 38.7 Å². The van der Waals surface area contributed by atoms with Gasteiger partial charge in [0.1, 0.15) is 19.0 Å². The molecule has 2 saturated heterocycles. The predicted molar refractivity (Wildman–Crippen MR) is 116 cm³/mol. The summed E-state index contributed by atoms with van der Waals surface area (Å²) in [6.07, 6.45) is 0. The van der Waals surface area contributed by atoms with Crippen LogP contribution in [0.4, 0.5) is 14.9 Å². The van der Waals surface area contributed by atoms with Gasteiger partial charge in [0.05, 0.1) is 18.7 Å². The van der Waals surface area contributed by atoms with Crippen LogP contribution in [0.25, 0.3) is 0 Å². The molecule has 32 heavy (non-hydrogen) atoms. The second-order valence-electron chi connectivity index (χ2n) is 7.82. The van der Waals surface area contributed by atoms with E-state index in [1.807, 2.05) is 24.3 Å². The molecule has 2 aliphatic heterocycles. The summed E-state index contributed by atoms with van der Waals surface area (Å²) in [5.74, 6) is 5.23. The van der Waals surface area contributed by atoms with Gasteiger partial charge in [0.15, 0.2) is 0 Å². The zero-order chi connectivity index (χ0) is 22.7. The van der Waals surface area contributed by atoms with Gasteiger partial charge in [-0.3, -0.25) is 4.79 Å². The van der Waals surface area contributed by atoms with Gasteiger partial charge in [-0.1, -0.05) is 24.0 Å². The molecule has 2 aliphatic rings. The first-order valence-corrected chi connectivity index (χ1v) is 10.3. The highest BCUT2D eigenvalue weighted by Gasteiger charge is 2.54. The molecule has 7 nitrogen and oxygen atoms in total. The fourth-order valence-corrected chi connectivity index (χ4v) is 4.39. The van der Waals surface area contributed by atoms with Crippen molar-refractivity contribution in [2.24, 2.45) is 0 Å². The highest BCUT2D eigenvalue weighted by molar-refractivity contribution is 5.93. The Morgan fingerprint density at radius 2 is 1.94 bits per heavy atom. The number of rotatable bonds is 4. The Bertz CT molecular complexity index is 1050. The Kier molecular flexibility index (Phi) is 6.40. The van der Waals surface area contributed by atoms with Gasteiger partial charge in [-0.25, -0.2) is 9.18 Å². The van der Waals surface area contributed by atoms with Gasteiger partial charge in [-0.15, -0.1) is 0 Å². The van der Waals surface area contributed by atoms with Gasteiger partial charge in [-0.2, -0.15) is 0 Å². The number of aliphatic hydroxyl groups excluding tert-OH is 1. The van der Waals surface area contributed by atoms with Gasteiger partial charge in [0.25, 0.3) is 0 Å². The minimum absolute atomic E-state index is 0.0687. The van der Waals surface area contributed by atoms with Crippen molar-refractivity contribution in [3.63, 3.8) is 0 Å². The fraction of sp³-hybridized carbons (Fsp3) is 0.333. The standard InChI is InChI=1S/C24H24FN3O4/c1-32-12-2-3-16-4-6-17(7-5-16)23-20-13-27(14-22(30)28(20)21(23)15-29)24(31)26-19-10-8-18(25)9-11-19/h4-11,20-21,23,29H,12-15H2,1H3,(H,26,31)/t20-,21-,23-/m0/s1. The molecular weight excluding hydrogens is 413 g/mol. The molecule has 2 fully saturated rings. The number of piperazine rings is 1. The van der Waals surface area contributed by atoms with Crippen molar-refractivity contribution in [1.82, 2.24) is 9.80 Å². The Labute approximate surface area is 185 Å². The summed E-state index contributed by atoms with van der Waals surface area (Å²) in [5, 5.41) is 12.6. The fourth-order valence-electron chi connectivity index (χ4n) is 4.39. The number of nitrogens with zero attached hydrogens (tertiary/aromatic N) is 2. The number of aliphatic hydroxyl groups is 1. The van der Waals surface area contributed by atoms with Crippen LogP contribution in [0.1, 0.15) is 17.0 Å². The highest BCUT2D eigenvalue weighted by atomic mass is 19.1. The molecule has 0 unspecified atom stereocenters. The number of urea groups is 1. The quantitative estimate of drug-likeness (QED) is 0.718. The predicted octanol–water partition coefficient (Wildman–Crippen LogP) is 2.03. The van der Waals surface area contributed by atoms with Crippen LogP contribution in [0, 0.1) is 17.7 Å². The number of amides is 3. The Hall–Kier alpha value is -3.41. The normalized spacial score (nSPS) is 21.8. The first kappa shape index (κ1) is 21.8. The number of hydrogen-bond donors (Lipinski definition) is 2. The number of nitrogens with one attached hydrogen (secondary N) is 1. The van der Waals surface area contributed by atoms with Gasteiger partial charge >= 0.3 is 6.03 Å². The van der Waals surface area contributed by atoms with Crippen molar-refractivity contribution in [1.29, 1.82) is 0 Å². The molecule has 8 heteroatoms. The molecule has 2 aromatic rings. The third-order valence-electron chi connectivity index (χ3n) is 5.88. The molecule has 0 spiro atoms. The number of halogens is 1. The maximum Gasteiger partial charge on any atom is 0.322 e. The van der Waals surface area contributed by atoms with Crippen LogP contribution in [0.5, 0.6) is 0 Å². The molecule has 2 N–H and O–H groups in total. The molecule has 2 aromatic carbocycles. The van der Waals surface area contributed by atoms with Crippen LogP contribution < -0.4 is 5.32 Å². The summed E-state index contributed by atoms with van der Waals surface area (Å²) in [6.45, 7) is 0.478. The maximum absolute atomic E-state index is 13.1. The summed E-state index contributed by atoms with van der Waals surface area (Å²) in [6, 6.07) is 12.2. The topological polar surface area (TPSA) is 82.1 Å². The van der Waals surface area contributed by atoms with Gasteiger partial charge in [0.2, 0.25) is 5.91 Å². The third kappa shape index (κ3) is 4.31. The minimum Gasteiger partial charge on any atom is -0.394 e. The highest BCUT2D eigenvalue weighted by Crippen LogP contribution is 2.42. The summed E-state index contributed by atoms with van der Waals surface area (Å²) in [5.41, 5.74) is 2.29. The second kappa shape index (κ2) is 9.39. The molecule has 4 rings (SSSR count). The number of carbonyl (C=O) groups is 2. The number of ether oxygens (including phenoxy) is 1. The lowest BCUT2D eigenvalue weighted by Gasteiger charge is -2.58. The van der Waals surface area contributed by atoms with Crippen LogP contribution in [0.3, 0.4) is 0 Å². The molecule has 0 saturated carbocycles. The van der Waals surface area contributed by atoms with Crippen molar-refractivity contribution >= 4 is 17.6 Å². The first-order chi connectivity index (χ1) is 15.5. The number of benzene rings is 2.